The Kier molecular flexibility index (Phi) is 6.60. The summed E-state index contributed by atoms with van der Waals surface area (Å²) in [4.78, 5) is 47.3. The zero-order chi connectivity index (χ0) is 25.3. The number of amides is 4. The average Bonchev–Trinajstić information content (AvgIpc) is 3.52. The van der Waals surface area contributed by atoms with Crippen LogP contribution in [-0.2, 0) is 9.59 Å². The minimum atomic E-state index is -0.747. The minimum absolute atomic E-state index is 0.00603. The molecule has 2 aromatic carbocycles. The fourth-order valence-corrected chi connectivity index (χ4v) is 5.71. The zero-order valence-electron chi connectivity index (χ0n) is 21.2. The molecule has 5 rings (SSSR count). The van der Waals surface area contributed by atoms with Crippen LogP contribution in [0.2, 0.25) is 0 Å². The molecule has 4 amide bonds. The van der Waals surface area contributed by atoms with Crippen molar-refractivity contribution >= 4 is 29.2 Å². The maximum absolute atomic E-state index is 13.9. The highest BCUT2D eigenvalue weighted by atomic mass is 16.2. The van der Waals surface area contributed by atoms with Gasteiger partial charge in [0.25, 0.3) is 5.91 Å². The maximum atomic E-state index is 13.9. The van der Waals surface area contributed by atoms with Crippen LogP contribution in [0.25, 0.3) is 0 Å². The van der Waals surface area contributed by atoms with Crippen LogP contribution in [0.1, 0.15) is 36.8 Å². The van der Waals surface area contributed by atoms with E-state index >= 15 is 0 Å². The van der Waals surface area contributed by atoms with Crippen LogP contribution in [0.15, 0.2) is 48.5 Å². The van der Waals surface area contributed by atoms with Gasteiger partial charge in [-0.25, -0.2) is 4.79 Å². The Labute approximate surface area is 212 Å². The average molecular weight is 490 g/mol. The molecule has 0 unspecified atom stereocenters. The van der Waals surface area contributed by atoms with Crippen LogP contribution in [0.4, 0.5) is 16.2 Å². The molecular weight excluding hydrogens is 454 g/mol. The van der Waals surface area contributed by atoms with E-state index in [0.717, 1.165) is 48.4 Å². The third-order valence-electron chi connectivity index (χ3n) is 8.09. The number of carbonyl (C=O) groups excluding carboxylic acids is 3. The summed E-state index contributed by atoms with van der Waals surface area (Å²) in [7, 11) is 0. The van der Waals surface area contributed by atoms with E-state index in [0.29, 0.717) is 32.6 Å². The molecule has 3 fully saturated rings. The SMILES string of the molecule is Cc1cccc(NC(=O)N2CCC3(CC2)C(=O)N(CC(=O)N2CCCC2)CN3c2ccccc2)c1C. The molecule has 3 aliphatic rings. The number of nitrogens with one attached hydrogen (secondary N) is 1. The van der Waals surface area contributed by atoms with E-state index in [2.05, 4.69) is 10.2 Å². The molecule has 3 saturated heterocycles. The number of aryl methyl sites for hydroxylation is 1. The number of urea groups is 1. The van der Waals surface area contributed by atoms with Crippen LogP contribution in [0, 0.1) is 13.8 Å². The number of carbonyl (C=O) groups is 3. The van der Waals surface area contributed by atoms with Crippen molar-refractivity contribution in [3.63, 3.8) is 0 Å². The Morgan fingerprint density at radius 1 is 0.889 bits per heavy atom. The molecule has 0 atom stereocenters. The van der Waals surface area contributed by atoms with Gasteiger partial charge in [-0.05, 0) is 68.9 Å². The standard InChI is InChI=1S/C28H35N5O3/c1-21-9-8-12-24(22(21)2)29-27(36)31-17-13-28(14-18-31)26(35)32(19-25(34)30-15-6-7-16-30)20-33(28)23-10-4-3-5-11-23/h3-5,8-12H,6-7,13-20H2,1-2H3,(H,29,36). The lowest BCUT2D eigenvalue weighted by atomic mass is 9.85. The van der Waals surface area contributed by atoms with Crippen LogP contribution in [-0.4, -0.2) is 77.5 Å². The number of rotatable bonds is 4. The van der Waals surface area contributed by atoms with E-state index in [1.54, 1.807) is 9.80 Å². The largest absolute Gasteiger partial charge is 0.341 e. The van der Waals surface area contributed by atoms with E-state index in [1.165, 1.54) is 0 Å². The van der Waals surface area contributed by atoms with Crippen molar-refractivity contribution in [2.24, 2.45) is 0 Å². The molecule has 8 nitrogen and oxygen atoms in total. The number of benzene rings is 2. The van der Waals surface area contributed by atoms with Crippen LogP contribution >= 0.6 is 0 Å². The molecule has 3 aliphatic heterocycles. The second kappa shape index (κ2) is 9.84. The topological polar surface area (TPSA) is 76.2 Å². The lowest BCUT2D eigenvalue weighted by molar-refractivity contribution is -0.140. The van der Waals surface area contributed by atoms with E-state index in [4.69, 9.17) is 0 Å². The van der Waals surface area contributed by atoms with E-state index in [9.17, 15) is 14.4 Å². The van der Waals surface area contributed by atoms with Crippen molar-refractivity contribution in [1.82, 2.24) is 14.7 Å². The zero-order valence-corrected chi connectivity index (χ0v) is 21.2. The van der Waals surface area contributed by atoms with E-state index < -0.39 is 5.54 Å². The van der Waals surface area contributed by atoms with Gasteiger partial charge in [-0.1, -0.05) is 30.3 Å². The quantitative estimate of drug-likeness (QED) is 0.712. The van der Waals surface area contributed by atoms with Gasteiger partial charge in [-0.15, -0.1) is 0 Å². The Morgan fingerprint density at radius 2 is 1.58 bits per heavy atom. The third kappa shape index (κ3) is 4.40. The molecule has 0 aromatic heterocycles. The molecule has 1 spiro atoms. The molecule has 0 aliphatic carbocycles. The number of nitrogens with zero attached hydrogens (tertiary/aromatic N) is 4. The first-order valence-corrected chi connectivity index (χ1v) is 12.9. The number of para-hydroxylation sites is 1. The Bertz CT molecular complexity index is 1140. The molecule has 0 radical (unpaired) electrons. The number of likely N-dealkylation sites (tertiary alicyclic amines) is 2. The molecule has 3 heterocycles. The van der Waals surface area contributed by atoms with Crippen molar-refractivity contribution in [1.29, 1.82) is 0 Å². The summed E-state index contributed by atoms with van der Waals surface area (Å²) in [5.41, 5.74) is 3.22. The van der Waals surface area contributed by atoms with Gasteiger partial charge >= 0.3 is 6.03 Å². The summed E-state index contributed by atoms with van der Waals surface area (Å²) in [6.07, 6.45) is 3.10. The van der Waals surface area contributed by atoms with Crippen LogP contribution in [0.5, 0.6) is 0 Å². The Balaban J connectivity index is 1.32. The summed E-state index contributed by atoms with van der Waals surface area (Å²) >= 11 is 0. The lowest BCUT2D eigenvalue weighted by Crippen LogP contribution is -2.58. The van der Waals surface area contributed by atoms with Gasteiger partial charge in [-0.3, -0.25) is 9.59 Å². The smallest absolute Gasteiger partial charge is 0.321 e. The van der Waals surface area contributed by atoms with E-state index in [-0.39, 0.29) is 24.4 Å². The van der Waals surface area contributed by atoms with Crippen molar-refractivity contribution < 1.29 is 14.4 Å². The molecular formula is C28H35N5O3. The van der Waals surface area contributed by atoms with Crippen molar-refractivity contribution in [2.45, 2.75) is 45.1 Å². The minimum Gasteiger partial charge on any atom is -0.341 e. The highest BCUT2D eigenvalue weighted by Crippen LogP contribution is 2.39. The van der Waals surface area contributed by atoms with Crippen molar-refractivity contribution in [3.05, 3.63) is 59.7 Å². The van der Waals surface area contributed by atoms with Crippen LogP contribution < -0.4 is 10.2 Å². The fourth-order valence-electron chi connectivity index (χ4n) is 5.71. The predicted molar refractivity (Wildman–Crippen MR) is 140 cm³/mol. The van der Waals surface area contributed by atoms with Gasteiger partial charge in [0.2, 0.25) is 5.91 Å². The Hall–Kier alpha value is -3.55. The molecule has 1 N–H and O–H groups in total. The third-order valence-corrected chi connectivity index (χ3v) is 8.09. The molecule has 0 saturated carbocycles. The summed E-state index contributed by atoms with van der Waals surface area (Å²) in [6, 6.07) is 15.7. The van der Waals surface area contributed by atoms with Gasteiger partial charge in [0.15, 0.2) is 0 Å². The van der Waals surface area contributed by atoms with Gasteiger partial charge < -0.3 is 24.9 Å². The number of anilines is 2. The summed E-state index contributed by atoms with van der Waals surface area (Å²) < 4.78 is 0. The van der Waals surface area contributed by atoms with Crippen molar-refractivity contribution in [2.75, 3.05) is 49.6 Å². The number of piperidine rings is 1. The Morgan fingerprint density at radius 3 is 2.28 bits per heavy atom. The van der Waals surface area contributed by atoms with Gasteiger partial charge in [0.1, 0.15) is 12.1 Å². The maximum Gasteiger partial charge on any atom is 0.321 e. The van der Waals surface area contributed by atoms with Crippen LogP contribution in [0.3, 0.4) is 0 Å². The monoisotopic (exact) mass is 489 g/mol. The molecule has 36 heavy (non-hydrogen) atoms. The lowest BCUT2D eigenvalue weighted by Gasteiger charge is -2.43. The molecule has 190 valence electrons. The first kappa shape index (κ1) is 24.2. The number of hydrogen-bond donors (Lipinski definition) is 1. The normalized spacial score (nSPS) is 19.3. The fraction of sp³-hybridized carbons (Fsp3) is 0.464. The highest BCUT2D eigenvalue weighted by Gasteiger charge is 2.54. The second-order valence-corrected chi connectivity index (χ2v) is 10.2. The summed E-state index contributed by atoms with van der Waals surface area (Å²) in [5.74, 6) is 0.0183. The first-order valence-electron chi connectivity index (χ1n) is 12.9. The predicted octanol–water partition coefficient (Wildman–Crippen LogP) is 3.60. The number of hydrogen-bond acceptors (Lipinski definition) is 4. The molecule has 8 heteroatoms. The molecule has 0 bridgehead atoms. The summed E-state index contributed by atoms with van der Waals surface area (Å²) in [5, 5.41) is 3.05. The first-order chi connectivity index (χ1) is 17.4. The molecule has 2 aromatic rings. The van der Waals surface area contributed by atoms with E-state index in [1.807, 2.05) is 67.3 Å². The highest BCUT2D eigenvalue weighted by molar-refractivity contribution is 5.97. The van der Waals surface area contributed by atoms with Crippen molar-refractivity contribution in [3.8, 4) is 0 Å². The second-order valence-electron chi connectivity index (χ2n) is 10.2. The van der Waals surface area contributed by atoms with Gasteiger partial charge in [0.05, 0.1) is 6.67 Å². The summed E-state index contributed by atoms with van der Waals surface area (Å²) in [6.45, 7) is 7.03. The van der Waals surface area contributed by atoms with Gasteiger partial charge in [-0.2, -0.15) is 0 Å². The van der Waals surface area contributed by atoms with Gasteiger partial charge in [0, 0.05) is 37.6 Å².